The Hall–Kier alpha value is -1.72. The van der Waals surface area contributed by atoms with Gasteiger partial charge >= 0.3 is 5.97 Å². The number of hydrogen-bond acceptors (Lipinski definition) is 4. The Morgan fingerprint density at radius 1 is 1.14 bits per heavy atom. The molecule has 2 rings (SSSR count). The van der Waals surface area contributed by atoms with Crippen LogP contribution in [0.25, 0.3) is 0 Å². The van der Waals surface area contributed by atoms with Gasteiger partial charge in [-0.05, 0) is 52.7 Å². The average molecular weight is 386 g/mol. The van der Waals surface area contributed by atoms with Gasteiger partial charge in [-0.3, -0.25) is 9.78 Å². The number of carbonyl (C=O) groups excluding carboxylic acids is 1. The van der Waals surface area contributed by atoms with E-state index in [2.05, 4.69) is 15.9 Å². The van der Waals surface area contributed by atoms with Crippen LogP contribution in [-0.4, -0.2) is 12.6 Å². The van der Waals surface area contributed by atoms with Gasteiger partial charge in [-0.1, -0.05) is 29.8 Å². The van der Waals surface area contributed by atoms with Crippen LogP contribution >= 0.6 is 27.5 Å². The van der Waals surface area contributed by atoms with Crippen molar-refractivity contribution in [3.8, 4) is 11.5 Å². The largest absolute Gasteiger partial charge is 0.494 e. The second-order valence-corrected chi connectivity index (χ2v) is 5.67. The smallest absolute Gasteiger partial charge is 0.355 e. The highest BCUT2D eigenvalue weighted by Gasteiger charge is 2.08. The zero-order valence-corrected chi connectivity index (χ0v) is 14.0. The SMILES string of the molecule is O=C(CCCOc1ccccc1)OOc1ccc(Cl)cc1Br. The minimum atomic E-state index is -0.460. The molecular formula is C16H14BrClO4. The minimum Gasteiger partial charge on any atom is -0.494 e. The van der Waals surface area contributed by atoms with Crippen LogP contribution in [0.4, 0.5) is 0 Å². The van der Waals surface area contributed by atoms with Gasteiger partial charge in [0.15, 0.2) is 5.75 Å². The Labute approximate surface area is 142 Å². The van der Waals surface area contributed by atoms with Gasteiger partial charge in [-0.2, -0.15) is 0 Å². The van der Waals surface area contributed by atoms with E-state index in [1.165, 1.54) is 0 Å². The first kappa shape index (κ1) is 16.6. The monoisotopic (exact) mass is 384 g/mol. The summed E-state index contributed by atoms with van der Waals surface area (Å²) in [5.41, 5.74) is 0. The van der Waals surface area contributed by atoms with Crippen LogP contribution in [-0.2, 0) is 9.68 Å². The lowest BCUT2D eigenvalue weighted by Crippen LogP contribution is -2.10. The van der Waals surface area contributed by atoms with E-state index >= 15 is 0 Å². The Morgan fingerprint density at radius 2 is 1.91 bits per heavy atom. The third kappa shape index (κ3) is 5.58. The molecule has 6 heteroatoms. The summed E-state index contributed by atoms with van der Waals surface area (Å²) in [6, 6.07) is 14.3. The van der Waals surface area contributed by atoms with E-state index in [1.807, 2.05) is 30.3 Å². The summed E-state index contributed by atoms with van der Waals surface area (Å²) in [5, 5.41) is 0.559. The molecule has 0 aliphatic rings. The standard InChI is InChI=1S/C16H14BrClO4/c17-14-11-12(18)8-9-15(14)21-22-16(19)7-4-10-20-13-5-2-1-3-6-13/h1-3,5-6,8-9,11H,4,7,10H2. The zero-order chi connectivity index (χ0) is 15.8. The van der Waals surface area contributed by atoms with Crippen LogP contribution in [0.15, 0.2) is 53.0 Å². The first-order valence-electron chi connectivity index (χ1n) is 6.65. The van der Waals surface area contributed by atoms with E-state index in [1.54, 1.807) is 18.2 Å². The Kier molecular flexibility index (Phi) is 6.55. The van der Waals surface area contributed by atoms with Gasteiger partial charge < -0.3 is 4.74 Å². The van der Waals surface area contributed by atoms with Gasteiger partial charge in [0, 0.05) is 5.02 Å². The minimum absolute atomic E-state index is 0.206. The topological polar surface area (TPSA) is 44.8 Å². The molecule has 22 heavy (non-hydrogen) atoms. The van der Waals surface area contributed by atoms with Gasteiger partial charge in [-0.25, -0.2) is 4.79 Å². The van der Waals surface area contributed by atoms with Crippen molar-refractivity contribution in [3.63, 3.8) is 0 Å². The molecule has 0 fully saturated rings. The highest BCUT2D eigenvalue weighted by Crippen LogP contribution is 2.28. The van der Waals surface area contributed by atoms with E-state index in [0.717, 1.165) is 5.75 Å². The molecule has 116 valence electrons. The molecule has 4 nitrogen and oxygen atoms in total. The highest BCUT2D eigenvalue weighted by molar-refractivity contribution is 9.10. The van der Waals surface area contributed by atoms with Crippen LogP contribution in [0.3, 0.4) is 0 Å². The maximum atomic E-state index is 11.6. The lowest BCUT2D eigenvalue weighted by molar-refractivity contribution is -0.214. The fourth-order valence-corrected chi connectivity index (χ4v) is 2.35. The zero-order valence-electron chi connectivity index (χ0n) is 11.6. The Morgan fingerprint density at radius 3 is 2.64 bits per heavy atom. The summed E-state index contributed by atoms with van der Waals surface area (Å²) in [5.74, 6) is 0.703. The van der Waals surface area contributed by atoms with Crippen LogP contribution in [0, 0.1) is 0 Å². The molecule has 0 aromatic heterocycles. The number of hydrogen-bond donors (Lipinski definition) is 0. The van der Waals surface area contributed by atoms with Crippen molar-refractivity contribution < 1.29 is 19.3 Å². The Balaban J connectivity index is 1.65. The molecule has 0 radical (unpaired) electrons. The predicted molar refractivity (Wildman–Crippen MR) is 87.0 cm³/mol. The summed E-state index contributed by atoms with van der Waals surface area (Å²) >= 11 is 9.07. The van der Waals surface area contributed by atoms with Crippen LogP contribution in [0.5, 0.6) is 11.5 Å². The first-order chi connectivity index (χ1) is 10.6. The van der Waals surface area contributed by atoms with E-state index in [0.29, 0.717) is 28.3 Å². The van der Waals surface area contributed by atoms with E-state index in [9.17, 15) is 4.79 Å². The number of para-hydroxylation sites is 1. The van der Waals surface area contributed by atoms with Crippen LogP contribution in [0.1, 0.15) is 12.8 Å². The third-order valence-electron chi connectivity index (χ3n) is 2.66. The van der Waals surface area contributed by atoms with E-state index < -0.39 is 5.97 Å². The molecule has 2 aromatic rings. The summed E-state index contributed by atoms with van der Waals surface area (Å²) in [7, 11) is 0. The van der Waals surface area contributed by atoms with Crippen molar-refractivity contribution in [1.82, 2.24) is 0 Å². The van der Waals surface area contributed by atoms with Crippen molar-refractivity contribution >= 4 is 33.5 Å². The molecule has 0 spiro atoms. The Bertz CT molecular complexity index is 619. The quantitative estimate of drug-likeness (QED) is 0.390. The summed E-state index contributed by atoms with van der Waals surface area (Å²) in [4.78, 5) is 21.3. The van der Waals surface area contributed by atoms with Gasteiger partial charge in [-0.15, -0.1) is 0 Å². The second kappa shape index (κ2) is 8.66. The summed E-state index contributed by atoms with van der Waals surface area (Å²) in [6.07, 6.45) is 0.747. The number of benzene rings is 2. The highest BCUT2D eigenvalue weighted by atomic mass is 79.9. The van der Waals surface area contributed by atoms with E-state index in [-0.39, 0.29) is 6.42 Å². The van der Waals surface area contributed by atoms with Crippen molar-refractivity contribution in [2.75, 3.05) is 6.61 Å². The molecule has 0 N–H and O–H groups in total. The van der Waals surface area contributed by atoms with Crippen LogP contribution in [0.2, 0.25) is 5.02 Å². The predicted octanol–water partition coefficient (Wildman–Crippen LogP) is 4.80. The molecular weight excluding hydrogens is 372 g/mol. The second-order valence-electron chi connectivity index (χ2n) is 4.38. The van der Waals surface area contributed by atoms with Gasteiger partial charge in [0.25, 0.3) is 0 Å². The molecule has 0 saturated carbocycles. The molecule has 0 atom stereocenters. The maximum Gasteiger partial charge on any atom is 0.355 e. The number of halogens is 2. The van der Waals surface area contributed by atoms with Crippen molar-refractivity contribution in [3.05, 3.63) is 58.0 Å². The van der Waals surface area contributed by atoms with Crippen molar-refractivity contribution in [2.24, 2.45) is 0 Å². The summed E-state index contributed by atoms with van der Waals surface area (Å²) in [6.45, 7) is 0.434. The van der Waals surface area contributed by atoms with Gasteiger partial charge in [0.2, 0.25) is 0 Å². The number of rotatable bonds is 7. The van der Waals surface area contributed by atoms with Crippen molar-refractivity contribution in [1.29, 1.82) is 0 Å². The molecule has 2 aromatic carbocycles. The molecule has 0 saturated heterocycles. The normalized spacial score (nSPS) is 10.1. The average Bonchev–Trinajstić information content (AvgIpc) is 2.52. The van der Waals surface area contributed by atoms with Crippen LogP contribution < -0.4 is 9.62 Å². The third-order valence-corrected chi connectivity index (χ3v) is 3.51. The summed E-state index contributed by atoms with van der Waals surface area (Å²) < 4.78 is 6.09. The molecule has 0 heterocycles. The van der Waals surface area contributed by atoms with E-state index in [4.69, 9.17) is 26.1 Å². The molecule has 0 amide bonds. The molecule has 0 aliphatic heterocycles. The fraction of sp³-hybridized carbons (Fsp3) is 0.188. The van der Waals surface area contributed by atoms with Gasteiger partial charge in [0.1, 0.15) is 5.75 Å². The molecule has 0 unspecified atom stereocenters. The lowest BCUT2D eigenvalue weighted by Gasteiger charge is -2.07. The fourth-order valence-electron chi connectivity index (χ4n) is 1.60. The number of ether oxygens (including phenoxy) is 1. The first-order valence-corrected chi connectivity index (χ1v) is 7.82. The number of carbonyl (C=O) groups is 1. The lowest BCUT2D eigenvalue weighted by atomic mass is 10.3. The van der Waals surface area contributed by atoms with Gasteiger partial charge in [0.05, 0.1) is 17.5 Å². The van der Waals surface area contributed by atoms with Crippen molar-refractivity contribution in [2.45, 2.75) is 12.8 Å². The molecule has 0 bridgehead atoms. The maximum absolute atomic E-state index is 11.6. The molecule has 0 aliphatic carbocycles.